The standard InChI is InChI=1S/C19H17NO3S/c1-13-9-15(16-12-24-18(20-16)10-19(21)22)7-8-17(13)23-11-14-5-3-2-4-6-14/h2-9,12H,10-11H2,1H3,(H,21,22). The number of aryl methyl sites for hydroxylation is 1. The topological polar surface area (TPSA) is 59.4 Å². The summed E-state index contributed by atoms with van der Waals surface area (Å²) in [6.07, 6.45) is -0.0398. The predicted octanol–water partition coefficient (Wildman–Crippen LogP) is 4.32. The molecule has 0 saturated heterocycles. The SMILES string of the molecule is Cc1cc(-c2csc(CC(=O)O)n2)ccc1OCc1ccccc1. The van der Waals surface area contributed by atoms with Crippen LogP contribution in [0, 0.1) is 6.92 Å². The zero-order chi connectivity index (χ0) is 16.9. The molecule has 0 fully saturated rings. The van der Waals surface area contributed by atoms with Crippen LogP contribution in [0.15, 0.2) is 53.9 Å². The molecule has 1 aromatic heterocycles. The Labute approximate surface area is 144 Å². The number of carboxylic acids is 1. The van der Waals surface area contributed by atoms with Gasteiger partial charge in [0.05, 0.1) is 12.1 Å². The first kappa shape index (κ1) is 16.2. The molecule has 5 heteroatoms. The number of hydrogen-bond donors (Lipinski definition) is 1. The lowest BCUT2D eigenvalue weighted by Gasteiger charge is -2.10. The summed E-state index contributed by atoms with van der Waals surface area (Å²) in [5.41, 5.74) is 3.91. The number of rotatable bonds is 6. The minimum atomic E-state index is -0.864. The smallest absolute Gasteiger partial charge is 0.310 e. The molecule has 0 amide bonds. The Hall–Kier alpha value is -2.66. The van der Waals surface area contributed by atoms with Crippen LogP contribution in [0.2, 0.25) is 0 Å². The van der Waals surface area contributed by atoms with Gasteiger partial charge in [0.15, 0.2) is 0 Å². The lowest BCUT2D eigenvalue weighted by atomic mass is 10.1. The zero-order valence-electron chi connectivity index (χ0n) is 13.2. The summed E-state index contributed by atoms with van der Waals surface area (Å²) >= 11 is 1.37. The zero-order valence-corrected chi connectivity index (χ0v) is 14.0. The second kappa shape index (κ2) is 7.27. The Morgan fingerprint density at radius 2 is 2.00 bits per heavy atom. The van der Waals surface area contributed by atoms with Gasteiger partial charge >= 0.3 is 5.97 Å². The molecule has 2 aromatic carbocycles. The highest BCUT2D eigenvalue weighted by molar-refractivity contribution is 7.10. The number of aliphatic carboxylic acids is 1. The number of thiazole rings is 1. The predicted molar refractivity (Wildman–Crippen MR) is 94.4 cm³/mol. The van der Waals surface area contributed by atoms with Gasteiger partial charge in [-0.3, -0.25) is 4.79 Å². The Bertz CT molecular complexity index is 843. The Morgan fingerprint density at radius 3 is 2.71 bits per heavy atom. The molecule has 1 heterocycles. The number of carboxylic acid groups (broad SMARTS) is 1. The minimum Gasteiger partial charge on any atom is -0.489 e. The van der Waals surface area contributed by atoms with Crippen LogP contribution in [-0.2, 0) is 17.8 Å². The number of ether oxygens (including phenoxy) is 1. The second-order valence-corrected chi connectivity index (χ2v) is 6.39. The van der Waals surface area contributed by atoms with Gasteiger partial charge in [-0.25, -0.2) is 4.98 Å². The van der Waals surface area contributed by atoms with Crippen LogP contribution in [0.5, 0.6) is 5.75 Å². The first-order chi connectivity index (χ1) is 11.6. The third-order valence-electron chi connectivity index (χ3n) is 3.56. The summed E-state index contributed by atoms with van der Waals surface area (Å²) < 4.78 is 5.88. The van der Waals surface area contributed by atoms with Gasteiger partial charge in [0.2, 0.25) is 0 Å². The highest BCUT2D eigenvalue weighted by Crippen LogP contribution is 2.28. The van der Waals surface area contributed by atoms with E-state index in [-0.39, 0.29) is 6.42 Å². The molecule has 122 valence electrons. The molecule has 0 spiro atoms. The van der Waals surface area contributed by atoms with Crippen LogP contribution < -0.4 is 4.74 Å². The Balaban J connectivity index is 1.72. The summed E-state index contributed by atoms with van der Waals surface area (Å²) in [4.78, 5) is 15.1. The van der Waals surface area contributed by atoms with Crippen LogP contribution in [0.4, 0.5) is 0 Å². The largest absolute Gasteiger partial charge is 0.489 e. The average Bonchev–Trinajstić information content (AvgIpc) is 3.02. The number of carbonyl (C=O) groups is 1. The number of nitrogens with zero attached hydrogens (tertiary/aromatic N) is 1. The van der Waals surface area contributed by atoms with Crippen molar-refractivity contribution in [2.24, 2.45) is 0 Å². The molecular weight excluding hydrogens is 322 g/mol. The van der Waals surface area contributed by atoms with Crippen LogP contribution in [0.1, 0.15) is 16.1 Å². The molecule has 3 aromatic rings. The van der Waals surface area contributed by atoms with E-state index in [0.717, 1.165) is 28.1 Å². The van der Waals surface area contributed by atoms with Gasteiger partial charge in [0, 0.05) is 10.9 Å². The Kier molecular flexibility index (Phi) is 4.91. The van der Waals surface area contributed by atoms with E-state index in [9.17, 15) is 4.79 Å². The van der Waals surface area contributed by atoms with E-state index in [1.54, 1.807) is 0 Å². The maximum Gasteiger partial charge on any atom is 0.310 e. The molecule has 3 rings (SSSR count). The van der Waals surface area contributed by atoms with Crippen molar-refractivity contribution >= 4 is 17.3 Å². The summed E-state index contributed by atoms with van der Waals surface area (Å²) in [6, 6.07) is 15.9. The van der Waals surface area contributed by atoms with Crippen LogP contribution in [-0.4, -0.2) is 16.1 Å². The molecule has 0 saturated carbocycles. The van der Waals surface area contributed by atoms with Crippen molar-refractivity contribution in [3.63, 3.8) is 0 Å². The van der Waals surface area contributed by atoms with E-state index < -0.39 is 5.97 Å². The monoisotopic (exact) mass is 339 g/mol. The van der Waals surface area contributed by atoms with Crippen molar-refractivity contribution in [2.45, 2.75) is 20.0 Å². The third-order valence-corrected chi connectivity index (χ3v) is 4.41. The summed E-state index contributed by atoms with van der Waals surface area (Å²) in [6.45, 7) is 2.52. The van der Waals surface area contributed by atoms with E-state index in [1.165, 1.54) is 11.3 Å². The molecule has 0 aliphatic carbocycles. The molecule has 0 aliphatic rings. The molecule has 0 unspecified atom stereocenters. The van der Waals surface area contributed by atoms with Crippen LogP contribution in [0.3, 0.4) is 0 Å². The lowest BCUT2D eigenvalue weighted by molar-refractivity contribution is -0.136. The molecule has 0 atom stereocenters. The minimum absolute atomic E-state index is 0.0398. The van der Waals surface area contributed by atoms with Gasteiger partial charge in [-0.1, -0.05) is 30.3 Å². The highest BCUT2D eigenvalue weighted by atomic mass is 32.1. The normalized spacial score (nSPS) is 10.5. The molecule has 0 bridgehead atoms. The summed E-state index contributed by atoms with van der Waals surface area (Å²) in [5.74, 6) is -0.0275. The van der Waals surface area contributed by atoms with Crippen LogP contribution in [0.25, 0.3) is 11.3 Å². The fraction of sp³-hybridized carbons (Fsp3) is 0.158. The van der Waals surface area contributed by atoms with Gasteiger partial charge in [-0.05, 0) is 36.2 Å². The van der Waals surface area contributed by atoms with Gasteiger partial charge in [-0.15, -0.1) is 11.3 Å². The van der Waals surface area contributed by atoms with Crippen LogP contribution >= 0.6 is 11.3 Å². The Morgan fingerprint density at radius 1 is 1.21 bits per heavy atom. The number of hydrogen-bond acceptors (Lipinski definition) is 4. The van der Waals surface area contributed by atoms with Crippen molar-refractivity contribution in [1.29, 1.82) is 0 Å². The van der Waals surface area contributed by atoms with Crippen molar-refractivity contribution in [3.05, 3.63) is 70.0 Å². The molecular formula is C19H17NO3S. The molecule has 1 N–H and O–H groups in total. The first-order valence-corrected chi connectivity index (χ1v) is 8.44. The van der Waals surface area contributed by atoms with Crippen molar-refractivity contribution in [3.8, 4) is 17.0 Å². The van der Waals surface area contributed by atoms with Gasteiger partial charge in [0.1, 0.15) is 17.4 Å². The van der Waals surface area contributed by atoms with Gasteiger partial charge in [-0.2, -0.15) is 0 Å². The van der Waals surface area contributed by atoms with Gasteiger partial charge in [0.25, 0.3) is 0 Å². The molecule has 0 radical (unpaired) electrons. The van der Waals surface area contributed by atoms with Crippen molar-refractivity contribution in [1.82, 2.24) is 4.98 Å². The van der Waals surface area contributed by atoms with E-state index >= 15 is 0 Å². The lowest BCUT2D eigenvalue weighted by Crippen LogP contribution is -1.99. The maximum absolute atomic E-state index is 10.8. The molecule has 4 nitrogen and oxygen atoms in total. The van der Waals surface area contributed by atoms with Gasteiger partial charge < -0.3 is 9.84 Å². The average molecular weight is 339 g/mol. The van der Waals surface area contributed by atoms with E-state index in [1.807, 2.05) is 60.8 Å². The number of benzene rings is 2. The van der Waals surface area contributed by atoms with E-state index in [0.29, 0.717) is 11.6 Å². The van der Waals surface area contributed by atoms with E-state index in [2.05, 4.69) is 4.98 Å². The van der Waals surface area contributed by atoms with E-state index in [4.69, 9.17) is 9.84 Å². The summed E-state index contributed by atoms with van der Waals surface area (Å²) in [7, 11) is 0. The quantitative estimate of drug-likeness (QED) is 0.726. The second-order valence-electron chi connectivity index (χ2n) is 5.45. The molecule has 0 aliphatic heterocycles. The maximum atomic E-state index is 10.8. The highest BCUT2D eigenvalue weighted by Gasteiger charge is 2.09. The fourth-order valence-corrected chi connectivity index (χ4v) is 3.15. The fourth-order valence-electron chi connectivity index (χ4n) is 2.36. The number of aromatic nitrogens is 1. The third kappa shape index (κ3) is 4.00. The van der Waals surface area contributed by atoms with Crippen molar-refractivity contribution < 1.29 is 14.6 Å². The van der Waals surface area contributed by atoms with Crippen molar-refractivity contribution in [2.75, 3.05) is 0 Å². The molecule has 24 heavy (non-hydrogen) atoms. The first-order valence-electron chi connectivity index (χ1n) is 7.56. The summed E-state index contributed by atoms with van der Waals surface area (Å²) in [5, 5.41) is 11.3.